The Morgan fingerprint density at radius 3 is 2.83 bits per heavy atom. The van der Waals surface area contributed by atoms with E-state index in [-0.39, 0.29) is 17.6 Å². The van der Waals surface area contributed by atoms with Gasteiger partial charge in [0.15, 0.2) is 0 Å². The highest BCUT2D eigenvalue weighted by atomic mass is 19.1. The first-order valence-corrected chi connectivity index (χ1v) is 5.75. The van der Waals surface area contributed by atoms with Crippen molar-refractivity contribution in [2.24, 2.45) is 0 Å². The summed E-state index contributed by atoms with van der Waals surface area (Å²) in [7, 11) is 0. The summed E-state index contributed by atoms with van der Waals surface area (Å²) in [5.74, 6) is -0.621. The number of hydrogen-bond donors (Lipinski definition) is 1. The van der Waals surface area contributed by atoms with E-state index in [1.54, 1.807) is 6.07 Å². The monoisotopic (exact) mass is 242 g/mol. The van der Waals surface area contributed by atoms with Crippen LogP contribution in [0.5, 0.6) is 0 Å². The van der Waals surface area contributed by atoms with Gasteiger partial charge in [0.1, 0.15) is 5.82 Å². The molecular weight excluding hydrogens is 231 g/mol. The summed E-state index contributed by atoms with van der Waals surface area (Å²) in [6, 6.07) is 12.2. The molecule has 0 fully saturated rings. The molecule has 18 heavy (non-hydrogen) atoms. The number of carbonyl (C=O) groups excluding carboxylic acids is 1. The molecule has 1 aromatic carbocycles. The number of halogens is 1. The van der Waals surface area contributed by atoms with Crippen molar-refractivity contribution in [1.82, 2.24) is 4.98 Å². The van der Waals surface area contributed by atoms with E-state index >= 15 is 0 Å². The first kappa shape index (κ1) is 10.9. The second-order valence-electron chi connectivity index (χ2n) is 4.29. The fraction of sp³-hybridized carbons (Fsp3) is 0.143. The second-order valence-corrected chi connectivity index (χ2v) is 4.29. The molecule has 0 bridgehead atoms. The van der Waals surface area contributed by atoms with E-state index in [0.29, 0.717) is 0 Å². The summed E-state index contributed by atoms with van der Waals surface area (Å²) < 4.78 is 12.9. The SMILES string of the molecule is O=C(Nc1cccc(F)n1)C1Cc2ccccc21. The van der Waals surface area contributed by atoms with E-state index in [1.165, 1.54) is 17.7 Å². The molecule has 3 nitrogen and oxygen atoms in total. The van der Waals surface area contributed by atoms with Gasteiger partial charge in [-0.2, -0.15) is 4.39 Å². The Labute approximate surface area is 104 Å². The average molecular weight is 242 g/mol. The molecule has 90 valence electrons. The first-order chi connectivity index (χ1) is 8.74. The predicted molar refractivity (Wildman–Crippen MR) is 65.7 cm³/mol. The Hall–Kier alpha value is -2.23. The minimum Gasteiger partial charge on any atom is -0.310 e. The number of nitrogens with one attached hydrogen (secondary N) is 1. The standard InChI is InChI=1S/C14H11FN2O/c15-12-6-3-7-13(16-12)17-14(18)11-8-9-4-1-2-5-10(9)11/h1-7,11H,8H2,(H,16,17,18). The molecular formula is C14H11FN2O. The van der Waals surface area contributed by atoms with Gasteiger partial charge < -0.3 is 5.32 Å². The van der Waals surface area contributed by atoms with Crippen LogP contribution in [0.1, 0.15) is 17.0 Å². The summed E-state index contributed by atoms with van der Waals surface area (Å²) in [4.78, 5) is 15.6. The van der Waals surface area contributed by atoms with Gasteiger partial charge in [-0.3, -0.25) is 4.79 Å². The third-order valence-corrected chi connectivity index (χ3v) is 3.14. The molecule has 2 aromatic rings. The Kier molecular flexibility index (Phi) is 2.55. The van der Waals surface area contributed by atoms with Gasteiger partial charge in [0.25, 0.3) is 0 Å². The Morgan fingerprint density at radius 1 is 1.22 bits per heavy atom. The van der Waals surface area contributed by atoms with Crippen LogP contribution in [0.4, 0.5) is 10.2 Å². The van der Waals surface area contributed by atoms with Gasteiger partial charge in [-0.1, -0.05) is 30.3 Å². The molecule has 1 aliphatic rings. The van der Waals surface area contributed by atoms with Gasteiger partial charge in [-0.15, -0.1) is 0 Å². The molecule has 0 saturated carbocycles. The normalized spacial score (nSPS) is 16.6. The lowest BCUT2D eigenvalue weighted by Gasteiger charge is -2.28. The van der Waals surface area contributed by atoms with E-state index < -0.39 is 5.95 Å². The van der Waals surface area contributed by atoms with Crippen molar-refractivity contribution >= 4 is 11.7 Å². The third-order valence-electron chi connectivity index (χ3n) is 3.14. The Morgan fingerprint density at radius 2 is 2.06 bits per heavy atom. The highest BCUT2D eigenvalue weighted by Gasteiger charge is 2.31. The molecule has 1 aromatic heterocycles. The number of nitrogens with zero attached hydrogens (tertiary/aromatic N) is 1. The number of hydrogen-bond acceptors (Lipinski definition) is 2. The fourth-order valence-corrected chi connectivity index (χ4v) is 2.18. The van der Waals surface area contributed by atoms with E-state index in [0.717, 1.165) is 12.0 Å². The van der Waals surface area contributed by atoms with Crippen molar-refractivity contribution in [2.45, 2.75) is 12.3 Å². The van der Waals surface area contributed by atoms with Crippen LogP contribution in [-0.2, 0) is 11.2 Å². The zero-order valence-electron chi connectivity index (χ0n) is 9.56. The number of aromatic nitrogens is 1. The molecule has 0 radical (unpaired) electrons. The van der Waals surface area contributed by atoms with Crippen molar-refractivity contribution in [3.63, 3.8) is 0 Å². The van der Waals surface area contributed by atoms with Crippen LogP contribution in [-0.4, -0.2) is 10.9 Å². The summed E-state index contributed by atoms with van der Waals surface area (Å²) in [6.07, 6.45) is 0.733. The topological polar surface area (TPSA) is 42.0 Å². The van der Waals surface area contributed by atoms with Crippen molar-refractivity contribution in [3.8, 4) is 0 Å². The molecule has 0 spiro atoms. The van der Waals surface area contributed by atoms with Crippen molar-refractivity contribution in [2.75, 3.05) is 5.32 Å². The van der Waals surface area contributed by atoms with Gasteiger partial charge in [-0.05, 0) is 29.7 Å². The van der Waals surface area contributed by atoms with Crippen LogP contribution in [0.2, 0.25) is 0 Å². The molecule has 1 heterocycles. The van der Waals surface area contributed by atoms with Crippen molar-refractivity contribution in [3.05, 3.63) is 59.5 Å². The minimum atomic E-state index is -0.596. The van der Waals surface area contributed by atoms with Gasteiger partial charge in [0.2, 0.25) is 11.9 Å². The van der Waals surface area contributed by atoms with Crippen molar-refractivity contribution < 1.29 is 9.18 Å². The number of carbonyl (C=O) groups is 1. The summed E-state index contributed by atoms with van der Waals surface area (Å²) in [5.41, 5.74) is 2.25. The van der Waals surface area contributed by atoms with Gasteiger partial charge in [0, 0.05) is 0 Å². The maximum Gasteiger partial charge on any atom is 0.233 e. The number of amides is 1. The Bertz CT molecular complexity index is 612. The molecule has 1 unspecified atom stereocenters. The fourth-order valence-electron chi connectivity index (χ4n) is 2.18. The highest BCUT2D eigenvalue weighted by Crippen LogP contribution is 2.35. The van der Waals surface area contributed by atoms with E-state index in [2.05, 4.69) is 10.3 Å². The molecule has 4 heteroatoms. The predicted octanol–water partition coefficient (Wildman–Crippen LogP) is 2.50. The quantitative estimate of drug-likeness (QED) is 0.822. The minimum absolute atomic E-state index is 0.133. The third kappa shape index (κ3) is 1.86. The number of rotatable bonds is 2. The summed E-state index contributed by atoms with van der Waals surface area (Å²) in [5, 5.41) is 2.64. The average Bonchev–Trinajstić information content (AvgIpc) is 2.30. The lowest BCUT2D eigenvalue weighted by molar-refractivity contribution is -0.118. The molecule has 1 atom stereocenters. The van der Waals surface area contributed by atoms with Crippen LogP contribution < -0.4 is 5.32 Å². The van der Waals surface area contributed by atoms with Crippen LogP contribution in [0.15, 0.2) is 42.5 Å². The number of fused-ring (bicyclic) bond motifs is 1. The van der Waals surface area contributed by atoms with E-state index in [9.17, 15) is 9.18 Å². The lowest BCUT2D eigenvalue weighted by Crippen LogP contribution is -2.30. The van der Waals surface area contributed by atoms with Crippen molar-refractivity contribution in [1.29, 1.82) is 0 Å². The van der Waals surface area contributed by atoms with Crippen LogP contribution in [0.3, 0.4) is 0 Å². The Balaban J connectivity index is 1.75. The first-order valence-electron chi connectivity index (χ1n) is 5.75. The number of anilines is 1. The smallest absolute Gasteiger partial charge is 0.233 e. The molecule has 1 N–H and O–H groups in total. The van der Waals surface area contributed by atoms with Gasteiger partial charge in [0.05, 0.1) is 5.92 Å². The van der Waals surface area contributed by atoms with Crippen LogP contribution >= 0.6 is 0 Å². The van der Waals surface area contributed by atoms with E-state index in [4.69, 9.17) is 0 Å². The van der Waals surface area contributed by atoms with Crippen LogP contribution in [0.25, 0.3) is 0 Å². The maximum atomic E-state index is 12.9. The van der Waals surface area contributed by atoms with Crippen LogP contribution in [0, 0.1) is 5.95 Å². The van der Waals surface area contributed by atoms with Gasteiger partial charge >= 0.3 is 0 Å². The maximum absolute atomic E-state index is 12.9. The van der Waals surface area contributed by atoms with Gasteiger partial charge in [-0.25, -0.2) is 4.98 Å². The zero-order valence-corrected chi connectivity index (χ0v) is 9.56. The summed E-state index contributed by atoms with van der Waals surface area (Å²) in [6.45, 7) is 0. The largest absolute Gasteiger partial charge is 0.310 e. The zero-order chi connectivity index (χ0) is 12.5. The molecule has 3 rings (SSSR count). The molecule has 1 aliphatic carbocycles. The lowest BCUT2D eigenvalue weighted by atomic mass is 9.77. The second kappa shape index (κ2) is 4.22. The van der Waals surface area contributed by atoms with E-state index in [1.807, 2.05) is 24.3 Å². The number of pyridine rings is 1. The summed E-state index contributed by atoms with van der Waals surface area (Å²) >= 11 is 0. The molecule has 1 amide bonds. The molecule has 0 aliphatic heterocycles. The number of benzene rings is 1. The molecule has 0 saturated heterocycles. The highest BCUT2D eigenvalue weighted by molar-refractivity contribution is 5.97.